The van der Waals surface area contributed by atoms with Gasteiger partial charge in [0.2, 0.25) is 5.91 Å². The molecule has 1 aromatic carbocycles. The van der Waals surface area contributed by atoms with E-state index in [2.05, 4.69) is 5.32 Å². The average Bonchev–Trinajstić information content (AvgIpc) is 2.37. The monoisotopic (exact) mass is 263 g/mol. The van der Waals surface area contributed by atoms with Gasteiger partial charge in [-0.25, -0.2) is 4.39 Å². The molecule has 0 aliphatic carbocycles. The molecule has 0 saturated carbocycles. The first kappa shape index (κ1) is 13.7. The number of nitrogens with one attached hydrogen (secondary N) is 1. The first-order valence-corrected chi connectivity index (χ1v) is 6.69. The molecule has 1 N–H and O–H groups in total. The van der Waals surface area contributed by atoms with Crippen LogP contribution in [0.1, 0.15) is 49.0 Å². The Morgan fingerprint density at radius 2 is 2.16 bits per heavy atom. The van der Waals surface area contributed by atoms with Gasteiger partial charge in [-0.3, -0.25) is 9.59 Å². The van der Waals surface area contributed by atoms with Crippen LogP contribution in [0.4, 0.5) is 10.1 Å². The topological polar surface area (TPSA) is 46.2 Å². The Morgan fingerprint density at radius 1 is 1.42 bits per heavy atom. The smallest absolute Gasteiger partial charge is 0.224 e. The van der Waals surface area contributed by atoms with Crippen LogP contribution in [0, 0.1) is 11.7 Å². The average molecular weight is 263 g/mol. The molecule has 0 spiro atoms. The number of amides is 1. The lowest BCUT2D eigenvalue weighted by Crippen LogP contribution is -2.21. The van der Waals surface area contributed by atoms with Gasteiger partial charge in [0, 0.05) is 18.0 Å². The fraction of sp³-hybridized carbons (Fsp3) is 0.467. The first-order chi connectivity index (χ1) is 9.02. The van der Waals surface area contributed by atoms with Crippen molar-refractivity contribution >= 4 is 17.4 Å². The van der Waals surface area contributed by atoms with E-state index in [1.54, 1.807) is 6.07 Å². The van der Waals surface area contributed by atoms with Gasteiger partial charge in [0.15, 0.2) is 5.78 Å². The molecule has 1 atom stereocenters. The summed E-state index contributed by atoms with van der Waals surface area (Å²) in [7, 11) is 0. The van der Waals surface area contributed by atoms with Crippen LogP contribution in [0.2, 0.25) is 0 Å². The molecule has 0 aromatic heterocycles. The van der Waals surface area contributed by atoms with Gasteiger partial charge in [0.05, 0.1) is 5.56 Å². The second-order valence-corrected chi connectivity index (χ2v) is 5.09. The van der Waals surface area contributed by atoms with E-state index in [1.165, 1.54) is 6.07 Å². The van der Waals surface area contributed by atoms with E-state index in [0.717, 1.165) is 18.4 Å². The lowest BCUT2D eigenvalue weighted by Gasteiger charge is -2.19. The number of Topliss-reactive ketones (excluding diaryl/α,β-unsaturated/α-hetero) is 1. The second kappa shape index (κ2) is 5.51. The van der Waals surface area contributed by atoms with Crippen LogP contribution in [0.3, 0.4) is 0 Å². The number of hydrogen-bond donors (Lipinski definition) is 1. The fourth-order valence-corrected chi connectivity index (χ4v) is 2.42. The predicted molar refractivity (Wildman–Crippen MR) is 71.8 cm³/mol. The summed E-state index contributed by atoms with van der Waals surface area (Å²) < 4.78 is 14.0. The number of aryl methyl sites for hydroxylation is 1. The minimum atomic E-state index is -0.547. The largest absolute Gasteiger partial charge is 0.326 e. The fourth-order valence-electron chi connectivity index (χ4n) is 2.42. The minimum Gasteiger partial charge on any atom is -0.326 e. The summed E-state index contributed by atoms with van der Waals surface area (Å²) in [5.74, 6) is -0.978. The third kappa shape index (κ3) is 2.83. The molecule has 0 bridgehead atoms. The van der Waals surface area contributed by atoms with Crippen LogP contribution in [0.25, 0.3) is 0 Å². The van der Waals surface area contributed by atoms with Gasteiger partial charge < -0.3 is 5.32 Å². The molecule has 0 fully saturated rings. The zero-order valence-electron chi connectivity index (χ0n) is 11.3. The van der Waals surface area contributed by atoms with E-state index in [1.807, 2.05) is 13.8 Å². The number of benzene rings is 1. The van der Waals surface area contributed by atoms with Crippen molar-refractivity contribution in [3.63, 3.8) is 0 Å². The van der Waals surface area contributed by atoms with Gasteiger partial charge in [-0.1, -0.05) is 20.3 Å². The van der Waals surface area contributed by atoms with Gasteiger partial charge in [0.1, 0.15) is 5.82 Å². The summed E-state index contributed by atoms with van der Waals surface area (Å²) in [5, 5.41) is 2.63. The van der Waals surface area contributed by atoms with Crippen molar-refractivity contribution < 1.29 is 14.0 Å². The summed E-state index contributed by atoms with van der Waals surface area (Å²) in [5.41, 5.74) is 1.48. The zero-order valence-corrected chi connectivity index (χ0v) is 11.3. The number of halogens is 1. The molecule has 1 aliphatic rings. The molecule has 19 heavy (non-hydrogen) atoms. The molecule has 4 heteroatoms. The van der Waals surface area contributed by atoms with Gasteiger partial charge in [-0.2, -0.15) is 0 Å². The SMILES string of the molecule is CCCC(C)C(=O)c1cc2c(cc1F)NC(=O)CC2. The van der Waals surface area contributed by atoms with Gasteiger partial charge in [-0.15, -0.1) is 0 Å². The van der Waals surface area contributed by atoms with Crippen molar-refractivity contribution in [1.29, 1.82) is 0 Å². The lowest BCUT2D eigenvalue weighted by molar-refractivity contribution is -0.116. The van der Waals surface area contributed by atoms with Gasteiger partial charge in [0.25, 0.3) is 0 Å². The van der Waals surface area contributed by atoms with Crippen LogP contribution >= 0.6 is 0 Å². The number of fused-ring (bicyclic) bond motifs is 1. The number of carbonyl (C=O) groups is 2. The standard InChI is InChI=1S/C15H18FNO2/c1-3-4-9(2)15(19)11-7-10-5-6-14(18)17-13(10)8-12(11)16/h7-9H,3-6H2,1-2H3,(H,17,18). The Labute approximate surface area is 112 Å². The van der Waals surface area contributed by atoms with Gasteiger partial charge in [-0.05, 0) is 30.5 Å². The maximum atomic E-state index is 14.0. The Morgan fingerprint density at radius 3 is 2.84 bits per heavy atom. The third-order valence-electron chi connectivity index (χ3n) is 3.52. The molecule has 1 aromatic rings. The maximum Gasteiger partial charge on any atom is 0.224 e. The first-order valence-electron chi connectivity index (χ1n) is 6.69. The summed E-state index contributed by atoms with van der Waals surface area (Å²) in [6.07, 6.45) is 2.60. The van der Waals surface area contributed by atoms with Crippen molar-refractivity contribution in [1.82, 2.24) is 0 Å². The van der Waals surface area contributed by atoms with Gasteiger partial charge >= 0.3 is 0 Å². The Kier molecular flexibility index (Phi) is 3.98. The Bertz CT molecular complexity index is 525. The summed E-state index contributed by atoms with van der Waals surface area (Å²) in [4.78, 5) is 23.4. The van der Waals surface area contributed by atoms with Crippen LogP contribution in [0.5, 0.6) is 0 Å². The quantitative estimate of drug-likeness (QED) is 0.847. The minimum absolute atomic E-state index is 0.106. The Hall–Kier alpha value is -1.71. The number of hydrogen-bond acceptors (Lipinski definition) is 2. The highest BCUT2D eigenvalue weighted by Gasteiger charge is 2.23. The highest BCUT2D eigenvalue weighted by Crippen LogP contribution is 2.27. The normalized spacial score (nSPS) is 15.6. The summed E-state index contributed by atoms with van der Waals surface area (Å²) in [6.45, 7) is 3.83. The molecule has 0 radical (unpaired) electrons. The van der Waals surface area contributed by atoms with Crippen molar-refractivity contribution in [2.45, 2.75) is 39.5 Å². The van der Waals surface area contributed by atoms with E-state index in [0.29, 0.717) is 18.5 Å². The summed E-state index contributed by atoms with van der Waals surface area (Å²) in [6, 6.07) is 2.86. The number of ketones is 1. The number of anilines is 1. The number of carbonyl (C=O) groups excluding carboxylic acids is 2. The van der Waals surface area contributed by atoms with Crippen LogP contribution in [0.15, 0.2) is 12.1 Å². The molecule has 1 amide bonds. The summed E-state index contributed by atoms with van der Waals surface area (Å²) >= 11 is 0. The molecule has 3 nitrogen and oxygen atoms in total. The molecule has 1 aliphatic heterocycles. The van der Waals surface area contributed by atoms with E-state index in [9.17, 15) is 14.0 Å². The molecular formula is C15H18FNO2. The van der Waals surface area contributed by atoms with Crippen molar-refractivity contribution in [3.05, 3.63) is 29.1 Å². The van der Waals surface area contributed by atoms with Crippen molar-refractivity contribution in [3.8, 4) is 0 Å². The van der Waals surface area contributed by atoms with Crippen LogP contribution in [-0.2, 0) is 11.2 Å². The molecule has 102 valence electrons. The van der Waals surface area contributed by atoms with Crippen LogP contribution < -0.4 is 5.32 Å². The molecular weight excluding hydrogens is 245 g/mol. The third-order valence-corrected chi connectivity index (χ3v) is 3.52. The van der Waals surface area contributed by atoms with E-state index >= 15 is 0 Å². The van der Waals surface area contributed by atoms with E-state index in [-0.39, 0.29) is 23.2 Å². The maximum absolute atomic E-state index is 14.0. The van der Waals surface area contributed by atoms with Crippen LogP contribution in [-0.4, -0.2) is 11.7 Å². The molecule has 0 saturated heterocycles. The second-order valence-electron chi connectivity index (χ2n) is 5.09. The van der Waals surface area contributed by atoms with Crippen molar-refractivity contribution in [2.24, 2.45) is 5.92 Å². The zero-order chi connectivity index (χ0) is 14.0. The number of rotatable bonds is 4. The van der Waals surface area contributed by atoms with E-state index < -0.39 is 5.82 Å². The highest BCUT2D eigenvalue weighted by atomic mass is 19.1. The van der Waals surface area contributed by atoms with E-state index in [4.69, 9.17) is 0 Å². The molecule has 1 heterocycles. The highest BCUT2D eigenvalue weighted by molar-refractivity contribution is 6.00. The molecule has 1 unspecified atom stereocenters. The Balaban J connectivity index is 2.32. The predicted octanol–water partition coefficient (Wildman–Crippen LogP) is 3.33. The molecule has 2 rings (SSSR count). The lowest BCUT2D eigenvalue weighted by atomic mass is 9.92. The van der Waals surface area contributed by atoms with Crippen molar-refractivity contribution in [2.75, 3.05) is 5.32 Å².